The summed E-state index contributed by atoms with van der Waals surface area (Å²) in [5.74, 6) is 0. The van der Waals surface area contributed by atoms with Crippen LogP contribution in [0, 0.1) is 0 Å². The molecule has 1 aromatic heterocycles. The molecule has 3 aromatic rings. The van der Waals surface area contributed by atoms with Gasteiger partial charge in [-0.25, -0.2) is 4.79 Å². The minimum absolute atomic E-state index is 0.312. The lowest BCUT2D eigenvalue weighted by Crippen LogP contribution is -2.06. The molecule has 0 aliphatic heterocycles. The number of aryl methyl sites for hydroxylation is 1. The third-order valence-electron chi connectivity index (χ3n) is 3.63. The molecular weight excluding hydrogens is 342 g/mol. The predicted molar refractivity (Wildman–Crippen MR) is 93.3 cm³/mol. The topological polar surface area (TPSA) is 42.2 Å². The summed E-state index contributed by atoms with van der Waals surface area (Å²) in [5, 5.41) is 4.31. The second kappa shape index (κ2) is 6.36. The molecule has 1 N–H and O–H groups in total. The lowest BCUT2D eigenvalue weighted by molar-refractivity contribution is 0.559. The van der Waals surface area contributed by atoms with Crippen molar-refractivity contribution in [3.63, 3.8) is 0 Å². The number of hydrogen-bond donors (Lipinski definition) is 1. The summed E-state index contributed by atoms with van der Waals surface area (Å²) >= 11 is 3.42. The molecule has 22 heavy (non-hydrogen) atoms. The summed E-state index contributed by atoms with van der Waals surface area (Å²) in [5.41, 5.74) is 3.45. The van der Waals surface area contributed by atoms with E-state index in [1.165, 1.54) is 0 Å². The fraction of sp³-hybridized carbons (Fsp3) is 0.167. The Labute approximate surface area is 137 Å². The van der Waals surface area contributed by atoms with Crippen LogP contribution in [0.2, 0.25) is 0 Å². The van der Waals surface area contributed by atoms with Gasteiger partial charge in [-0.15, -0.1) is 0 Å². The average Bonchev–Trinajstić information content (AvgIpc) is 2.53. The summed E-state index contributed by atoms with van der Waals surface area (Å²) in [6, 6.07) is 15.5. The highest BCUT2D eigenvalue weighted by atomic mass is 79.9. The Kier molecular flexibility index (Phi) is 4.29. The maximum absolute atomic E-state index is 11.8. The summed E-state index contributed by atoms with van der Waals surface area (Å²) in [7, 11) is 0. The van der Waals surface area contributed by atoms with E-state index in [-0.39, 0.29) is 5.63 Å². The van der Waals surface area contributed by atoms with Crippen LogP contribution in [0.25, 0.3) is 11.0 Å². The first-order valence-corrected chi connectivity index (χ1v) is 8.00. The van der Waals surface area contributed by atoms with Gasteiger partial charge in [0.15, 0.2) is 0 Å². The standard InChI is InChI=1S/C18H16BrNO2/c1-2-12-3-8-16-13(10-18(21)22-17(16)9-12)11-20-15-6-4-14(19)5-7-15/h3-10,20H,2,11H2,1H3. The van der Waals surface area contributed by atoms with E-state index in [2.05, 4.69) is 34.2 Å². The van der Waals surface area contributed by atoms with Crippen LogP contribution in [-0.2, 0) is 13.0 Å². The zero-order valence-corrected chi connectivity index (χ0v) is 13.8. The van der Waals surface area contributed by atoms with E-state index in [1.54, 1.807) is 6.07 Å². The molecule has 0 spiro atoms. The second-order valence-corrected chi connectivity index (χ2v) is 6.05. The van der Waals surface area contributed by atoms with Gasteiger partial charge in [0.25, 0.3) is 0 Å². The van der Waals surface area contributed by atoms with Gasteiger partial charge < -0.3 is 9.73 Å². The van der Waals surface area contributed by atoms with Crippen LogP contribution in [-0.4, -0.2) is 0 Å². The first kappa shape index (κ1) is 14.9. The fourth-order valence-electron chi connectivity index (χ4n) is 2.41. The SMILES string of the molecule is CCc1ccc2c(CNc3ccc(Br)cc3)cc(=O)oc2c1. The first-order chi connectivity index (χ1) is 10.7. The number of rotatable bonds is 4. The summed E-state index contributed by atoms with van der Waals surface area (Å²) in [4.78, 5) is 11.8. The van der Waals surface area contributed by atoms with Crippen LogP contribution in [0.3, 0.4) is 0 Å². The Balaban J connectivity index is 1.92. The summed E-state index contributed by atoms with van der Waals surface area (Å²) in [6.07, 6.45) is 0.918. The first-order valence-electron chi connectivity index (χ1n) is 7.21. The van der Waals surface area contributed by atoms with Gasteiger partial charge >= 0.3 is 5.63 Å². The van der Waals surface area contributed by atoms with Crippen LogP contribution in [0.5, 0.6) is 0 Å². The number of fused-ring (bicyclic) bond motifs is 1. The highest BCUT2D eigenvalue weighted by Crippen LogP contribution is 2.21. The Morgan fingerprint density at radius 1 is 1.09 bits per heavy atom. The number of nitrogens with one attached hydrogen (secondary N) is 1. The van der Waals surface area contributed by atoms with E-state index in [1.807, 2.05) is 36.4 Å². The molecule has 0 saturated heterocycles. The molecule has 2 aromatic carbocycles. The van der Waals surface area contributed by atoms with Gasteiger partial charge in [-0.3, -0.25) is 0 Å². The van der Waals surface area contributed by atoms with Gasteiger partial charge in [-0.2, -0.15) is 0 Å². The Hall–Kier alpha value is -2.07. The van der Waals surface area contributed by atoms with Gasteiger partial charge in [0.1, 0.15) is 5.58 Å². The Morgan fingerprint density at radius 2 is 1.86 bits per heavy atom. The van der Waals surface area contributed by atoms with E-state index in [0.29, 0.717) is 12.1 Å². The molecule has 0 radical (unpaired) electrons. The molecule has 0 unspecified atom stereocenters. The highest BCUT2D eigenvalue weighted by Gasteiger charge is 2.06. The largest absolute Gasteiger partial charge is 0.423 e. The normalized spacial score (nSPS) is 10.8. The summed E-state index contributed by atoms with van der Waals surface area (Å²) < 4.78 is 6.36. The van der Waals surface area contributed by atoms with Crippen LogP contribution in [0.15, 0.2) is 62.2 Å². The van der Waals surface area contributed by atoms with Gasteiger partial charge in [0.05, 0.1) is 0 Å². The smallest absolute Gasteiger partial charge is 0.336 e. The summed E-state index contributed by atoms with van der Waals surface area (Å²) in [6.45, 7) is 2.66. The molecule has 3 nitrogen and oxygen atoms in total. The van der Waals surface area contributed by atoms with Crippen molar-refractivity contribution in [2.75, 3.05) is 5.32 Å². The molecule has 1 heterocycles. The quantitative estimate of drug-likeness (QED) is 0.686. The molecule has 112 valence electrons. The molecule has 0 aliphatic carbocycles. The van der Waals surface area contributed by atoms with E-state index < -0.39 is 0 Å². The number of hydrogen-bond acceptors (Lipinski definition) is 3. The van der Waals surface area contributed by atoms with Gasteiger partial charge in [-0.05, 0) is 47.9 Å². The number of halogens is 1. The fourth-order valence-corrected chi connectivity index (χ4v) is 2.67. The molecule has 0 atom stereocenters. The lowest BCUT2D eigenvalue weighted by Gasteiger charge is -2.09. The molecular formula is C18H16BrNO2. The molecule has 0 amide bonds. The van der Waals surface area contributed by atoms with Crippen molar-refractivity contribution in [1.82, 2.24) is 0 Å². The van der Waals surface area contributed by atoms with Gasteiger partial charge in [-0.1, -0.05) is 35.0 Å². The molecule has 3 rings (SSSR count). The Morgan fingerprint density at radius 3 is 2.59 bits per heavy atom. The third kappa shape index (κ3) is 3.22. The maximum Gasteiger partial charge on any atom is 0.336 e. The zero-order chi connectivity index (χ0) is 15.5. The Bertz CT molecular complexity index is 853. The van der Waals surface area contributed by atoms with Crippen LogP contribution in [0.4, 0.5) is 5.69 Å². The predicted octanol–water partition coefficient (Wildman–Crippen LogP) is 4.73. The van der Waals surface area contributed by atoms with Gasteiger partial charge in [0.2, 0.25) is 0 Å². The molecule has 0 aliphatic rings. The maximum atomic E-state index is 11.8. The van der Waals surface area contributed by atoms with Crippen molar-refractivity contribution in [2.45, 2.75) is 19.9 Å². The lowest BCUT2D eigenvalue weighted by atomic mass is 10.1. The molecule has 0 bridgehead atoms. The number of benzene rings is 2. The van der Waals surface area contributed by atoms with Crippen LogP contribution < -0.4 is 10.9 Å². The number of anilines is 1. The zero-order valence-electron chi connectivity index (χ0n) is 12.2. The van der Waals surface area contributed by atoms with Crippen molar-refractivity contribution in [2.24, 2.45) is 0 Å². The van der Waals surface area contributed by atoms with Crippen molar-refractivity contribution >= 4 is 32.6 Å². The van der Waals surface area contributed by atoms with E-state index in [4.69, 9.17) is 4.42 Å². The monoisotopic (exact) mass is 357 g/mol. The minimum atomic E-state index is -0.312. The molecule has 4 heteroatoms. The van der Waals surface area contributed by atoms with E-state index in [9.17, 15) is 4.79 Å². The van der Waals surface area contributed by atoms with Crippen molar-refractivity contribution in [3.8, 4) is 0 Å². The van der Waals surface area contributed by atoms with Crippen LogP contribution in [0.1, 0.15) is 18.1 Å². The van der Waals surface area contributed by atoms with Crippen molar-refractivity contribution in [3.05, 3.63) is 74.6 Å². The van der Waals surface area contributed by atoms with E-state index in [0.717, 1.165) is 33.1 Å². The highest BCUT2D eigenvalue weighted by molar-refractivity contribution is 9.10. The van der Waals surface area contributed by atoms with Crippen molar-refractivity contribution < 1.29 is 4.42 Å². The molecule has 0 fully saturated rings. The second-order valence-electron chi connectivity index (χ2n) is 5.14. The molecule has 0 saturated carbocycles. The van der Waals surface area contributed by atoms with Crippen molar-refractivity contribution in [1.29, 1.82) is 0 Å². The third-order valence-corrected chi connectivity index (χ3v) is 4.16. The van der Waals surface area contributed by atoms with Crippen LogP contribution >= 0.6 is 15.9 Å². The van der Waals surface area contributed by atoms with Gasteiger partial charge in [0, 0.05) is 28.2 Å². The minimum Gasteiger partial charge on any atom is -0.423 e. The average molecular weight is 358 g/mol. The van der Waals surface area contributed by atoms with E-state index >= 15 is 0 Å².